The van der Waals surface area contributed by atoms with Gasteiger partial charge in [0.1, 0.15) is 17.5 Å². The molecule has 19 heavy (non-hydrogen) atoms. The molecule has 108 valence electrons. The topological polar surface area (TPSA) is 49.8 Å². The molecule has 0 amide bonds. The van der Waals surface area contributed by atoms with Crippen LogP contribution in [-0.4, -0.2) is 22.6 Å². The fraction of sp³-hybridized carbons (Fsp3) is 0.733. The van der Waals surface area contributed by atoms with Crippen LogP contribution in [0.3, 0.4) is 0 Å². The Morgan fingerprint density at radius 3 is 1.95 bits per heavy atom. The molecule has 0 bridgehead atoms. The first-order valence-corrected chi connectivity index (χ1v) is 7.09. The molecule has 1 aromatic rings. The predicted molar refractivity (Wildman–Crippen MR) is 82.9 cm³/mol. The summed E-state index contributed by atoms with van der Waals surface area (Å²) in [5.41, 5.74) is 0.0205. The second kappa shape index (κ2) is 5.76. The van der Waals surface area contributed by atoms with Crippen LogP contribution in [0, 0.1) is 0 Å². The highest BCUT2D eigenvalue weighted by Gasteiger charge is 2.23. The van der Waals surface area contributed by atoms with E-state index in [-0.39, 0.29) is 11.0 Å². The number of nitrogens with zero attached hydrogens (tertiary/aromatic N) is 2. The van der Waals surface area contributed by atoms with Gasteiger partial charge in [-0.25, -0.2) is 9.97 Å². The predicted octanol–water partition coefficient (Wildman–Crippen LogP) is 3.81. The third-order valence-electron chi connectivity index (χ3n) is 3.64. The first-order chi connectivity index (χ1) is 8.74. The van der Waals surface area contributed by atoms with Crippen molar-refractivity contribution < 1.29 is 0 Å². The van der Waals surface area contributed by atoms with Crippen molar-refractivity contribution in [2.75, 3.05) is 17.7 Å². The van der Waals surface area contributed by atoms with Gasteiger partial charge in [-0.15, -0.1) is 0 Å². The molecule has 0 aromatic carbocycles. The van der Waals surface area contributed by atoms with E-state index >= 15 is 0 Å². The average molecular weight is 264 g/mol. The molecule has 1 heterocycles. The Hall–Kier alpha value is -1.32. The van der Waals surface area contributed by atoms with Gasteiger partial charge in [0.15, 0.2) is 0 Å². The smallest absolute Gasteiger partial charge is 0.138 e. The zero-order valence-corrected chi connectivity index (χ0v) is 13.4. The molecule has 1 rings (SSSR count). The maximum absolute atomic E-state index is 4.67. The molecule has 1 aromatic heterocycles. The van der Waals surface area contributed by atoms with E-state index in [2.05, 4.69) is 62.1 Å². The maximum Gasteiger partial charge on any atom is 0.138 e. The normalized spacial score (nSPS) is 12.4. The van der Waals surface area contributed by atoms with Gasteiger partial charge in [-0.1, -0.05) is 34.6 Å². The molecule has 0 radical (unpaired) electrons. The van der Waals surface area contributed by atoms with Crippen LogP contribution in [-0.2, 0) is 5.41 Å². The highest BCUT2D eigenvalue weighted by Crippen LogP contribution is 2.25. The molecule has 0 aliphatic carbocycles. The van der Waals surface area contributed by atoms with E-state index in [1.807, 2.05) is 13.1 Å². The number of aromatic nitrogens is 2. The van der Waals surface area contributed by atoms with Gasteiger partial charge in [-0.05, 0) is 19.8 Å². The highest BCUT2D eigenvalue weighted by atomic mass is 15.1. The molecule has 0 atom stereocenters. The Morgan fingerprint density at radius 1 is 1.00 bits per heavy atom. The zero-order chi connectivity index (χ0) is 14.7. The highest BCUT2D eigenvalue weighted by molar-refractivity contribution is 5.49. The molecule has 4 nitrogen and oxygen atoms in total. The van der Waals surface area contributed by atoms with Crippen molar-refractivity contribution >= 4 is 11.6 Å². The Morgan fingerprint density at radius 2 is 1.53 bits per heavy atom. The van der Waals surface area contributed by atoms with Gasteiger partial charge in [0.2, 0.25) is 0 Å². The first kappa shape index (κ1) is 15.7. The monoisotopic (exact) mass is 264 g/mol. The molecule has 0 saturated carbocycles. The van der Waals surface area contributed by atoms with Crippen molar-refractivity contribution in [3.8, 4) is 0 Å². The second-order valence-corrected chi connectivity index (χ2v) is 6.35. The van der Waals surface area contributed by atoms with Gasteiger partial charge in [0, 0.05) is 24.1 Å². The molecular weight excluding hydrogens is 236 g/mol. The van der Waals surface area contributed by atoms with E-state index in [1.165, 1.54) is 0 Å². The van der Waals surface area contributed by atoms with Crippen molar-refractivity contribution in [3.63, 3.8) is 0 Å². The maximum atomic E-state index is 4.67. The van der Waals surface area contributed by atoms with Gasteiger partial charge in [-0.2, -0.15) is 0 Å². The molecule has 4 heteroatoms. The summed E-state index contributed by atoms with van der Waals surface area (Å²) in [6.07, 6.45) is 2.13. The minimum absolute atomic E-state index is 0.0574. The van der Waals surface area contributed by atoms with Gasteiger partial charge in [-0.3, -0.25) is 0 Å². The third kappa shape index (κ3) is 4.08. The Balaban J connectivity index is 3.14. The summed E-state index contributed by atoms with van der Waals surface area (Å²) in [5.74, 6) is 2.61. The lowest BCUT2D eigenvalue weighted by Gasteiger charge is -2.30. The second-order valence-electron chi connectivity index (χ2n) is 6.35. The molecule has 0 saturated heterocycles. The SMILES string of the molecule is CCC(C)(CC)Nc1cc(NC)nc(C(C)(C)C)n1. The summed E-state index contributed by atoms with van der Waals surface area (Å²) in [7, 11) is 1.89. The van der Waals surface area contributed by atoms with Crippen LogP contribution in [0.25, 0.3) is 0 Å². The van der Waals surface area contributed by atoms with Crippen LogP contribution in [0.1, 0.15) is 60.2 Å². The minimum Gasteiger partial charge on any atom is -0.373 e. The minimum atomic E-state index is -0.0574. The summed E-state index contributed by atoms with van der Waals surface area (Å²) in [6, 6.07) is 1.97. The Labute approximate surface area is 117 Å². The first-order valence-electron chi connectivity index (χ1n) is 7.09. The van der Waals surface area contributed by atoms with Crippen LogP contribution in [0.2, 0.25) is 0 Å². The lowest BCUT2D eigenvalue weighted by Crippen LogP contribution is -2.34. The summed E-state index contributed by atoms with van der Waals surface area (Å²) >= 11 is 0. The number of hydrogen-bond donors (Lipinski definition) is 2. The van der Waals surface area contributed by atoms with Crippen LogP contribution < -0.4 is 10.6 Å². The quantitative estimate of drug-likeness (QED) is 0.849. The molecule has 2 N–H and O–H groups in total. The zero-order valence-electron chi connectivity index (χ0n) is 13.4. The van der Waals surface area contributed by atoms with Gasteiger partial charge >= 0.3 is 0 Å². The fourth-order valence-electron chi connectivity index (χ4n) is 1.71. The summed E-state index contributed by atoms with van der Waals surface area (Å²) in [6.45, 7) is 13.0. The van der Waals surface area contributed by atoms with E-state index in [4.69, 9.17) is 0 Å². The summed E-state index contributed by atoms with van der Waals surface area (Å²) in [5, 5.41) is 6.66. The van der Waals surface area contributed by atoms with E-state index in [1.54, 1.807) is 0 Å². The number of rotatable bonds is 5. The van der Waals surface area contributed by atoms with Crippen LogP contribution in [0.5, 0.6) is 0 Å². The molecule has 0 fully saturated rings. The number of hydrogen-bond acceptors (Lipinski definition) is 4. The Kier molecular flexibility index (Phi) is 4.77. The van der Waals surface area contributed by atoms with Crippen molar-refractivity contribution in [2.24, 2.45) is 0 Å². The average Bonchev–Trinajstić information content (AvgIpc) is 2.37. The number of anilines is 2. The molecule has 0 aliphatic rings. The van der Waals surface area contributed by atoms with Crippen molar-refractivity contribution in [1.29, 1.82) is 0 Å². The van der Waals surface area contributed by atoms with Crippen LogP contribution >= 0.6 is 0 Å². The van der Waals surface area contributed by atoms with E-state index < -0.39 is 0 Å². The summed E-state index contributed by atoms with van der Waals surface area (Å²) in [4.78, 5) is 9.21. The summed E-state index contributed by atoms with van der Waals surface area (Å²) < 4.78 is 0. The van der Waals surface area contributed by atoms with E-state index in [9.17, 15) is 0 Å². The lowest BCUT2D eigenvalue weighted by atomic mass is 9.94. The lowest BCUT2D eigenvalue weighted by molar-refractivity contribution is 0.474. The fourth-order valence-corrected chi connectivity index (χ4v) is 1.71. The van der Waals surface area contributed by atoms with Crippen molar-refractivity contribution in [1.82, 2.24) is 9.97 Å². The molecule has 0 unspecified atom stereocenters. The van der Waals surface area contributed by atoms with E-state index in [0.717, 1.165) is 30.3 Å². The molecule has 0 spiro atoms. The Bertz CT molecular complexity index is 417. The van der Waals surface area contributed by atoms with Crippen LogP contribution in [0.4, 0.5) is 11.6 Å². The molecule has 0 aliphatic heterocycles. The standard InChI is InChI=1S/C15H28N4/c1-8-15(6,9-2)19-12-10-11(16-7)17-13(18-12)14(3,4)5/h10H,8-9H2,1-7H3,(H2,16,17,18,19). The van der Waals surface area contributed by atoms with Gasteiger partial charge < -0.3 is 10.6 Å². The third-order valence-corrected chi connectivity index (χ3v) is 3.64. The van der Waals surface area contributed by atoms with Gasteiger partial charge in [0.25, 0.3) is 0 Å². The van der Waals surface area contributed by atoms with Crippen LogP contribution in [0.15, 0.2) is 6.07 Å². The van der Waals surface area contributed by atoms with Crippen molar-refractivity contribution in [2.45, 2.75) is 65.3 Å². The largest absolute Gasteiger partial charge is 0.373 e. The molecular formula is C15H28N4. The van der Waals surface area contributed by atoms with E-state index in [0.29, 0.717) is 0 Å². The van der Waals surface area contributed by atoms with Gasteiger partial charge in [0.05, 0.1) is 0 Å². The van der Waals surface area contributed by atoms with Crippen molar-refractivity contribution in [3.05, 3.63) is 11.9 Å². The number of nitrogens with one attached hydrogen (secondary N) is 2.